The van der Waals surface area contributed by atoms with Crippen molar-refractivity contribution < 1.29 is 23.9 Å². The fraction of sp³-hybridized carbons (Fsp3) is 0.208. The Labute approximate surface area is 188 Å². The highest BCUT2D eigenvalue weighted by atomic mass is 32.1. The minimum Gasteiger partial charge on any atom is -0.439 e. The van der Waals surface area contributed by atoms with Crippen molar-refractivity contribution in [3.05, 3.63) is 76.7 Å². The molecule has 7 nitrogen and oxygen atoms in total. The lowest BCUT2D eigenvalue weighted by Crippen LogP contribution is -2.35. The van der Waals surface area contributed by atoms with E-state index in [0.717, 1.165) is 34.1 Å². The molecule has 3 heterocycles. The number of hydrogen-bond donors (Lipinski definition) is 0. The number of thiophene rings is 1. The number of carbonyl (C=O) groups excluding carboxylic acids is 3. The molecule has 1 aromatic heterocycles. The number of benzene rings is 2. The summed E-state index contributed by atoms with van der Waals surface area (Å²) in [5.41, 5.74) is 2.60. The Kier molecular flexibility index (Phi) is 5.46. The van der Waals surface area contributed by atoms with Crippen molar-refractivity contribution in [2.45, 2.75) is 0 Å². The molecule has 2 aliphatic heterocycles. The molecular formula is C24H20N2O5S. The van der Waals surface area contributed by atoms with Gasteiger partial charge in [0.05, 0.1) is 29.3 Å². The molecular weight excluding hydrogens is 428 g/mol. The molecule has 0 N–H and O–H groups in total. The average Bonchev–Trinajstić information content (AvgIpc) is 3.39. The van der Waals surface area contributed by atoms with E-state index in [1.165, 1.54) is 11.3 Å². The first-order valence-corrected chi connectivity index (χ1v) is 11.1. The van der Waals surface area contributed by atoms with Crippen LogP contribution < -0.4 is 4.90 Å². The second-order valence-corrected chi connectivity index (χ2v) is 8.47. The van der Waals surface area contributed by atoms with Crippen molar-refractivity contribution in [1.29, 1.82) is 0 Å². The molecule has 0 spiro atoms. The maximum Gasteiger partial charge on any atom is 0.350 e. The van der Waals surface area contributed by atoms with E-state index >= 15 is 0 Å². The zero-order valence-electron chi connectivity index (χ0n) is 17.2. The Morgan fingerprint density at radius 1 is 0.906 bits per heavy atom. The van der Waals surface area contributed by atoms with Gasteiger partial charge in [0.25, 0.3) is 11.8 Å². The average molecular weight is 449 g/mol. The van der Waals surface area contributed by atoms with Gasteiger partial charge >= 0.3 is 5.97 Å². The molecule has 5 rings (SSSR count). The van der Waals surface area contributed by atoms with E-state index in [4.69, 9.17) is 9.47 Å². The standard InChI is InChI=1S/C24H20N2O5S/c27-21-17-8-4-5-9-18(17)22(28)26(21)15-31-24(29)20-14-19(16-6-2-1-3-7-16)23(32-20)25-10-12-30-13-11-25/h1-9,14H,10-13,15H2. The quantitative estimate of drug-likeness (QED) is 0.438. The van der Waals surface area contributed by atoms with Crippen LogP contribution in [0.3, 0.4) is 0 Å². The lowest BCUT2D eigenvalue weighted by molar-refractivity contribution is 0.0232. The van der Waals surface area contributed by atoms with Crippen LogP contribution in [0.15, 0.2) is 60.7 Å². The van der Waals surface area contributed by atoms with Crippen molar-refractivity contribution in [2.75, 3.05) is 37.9 Å². The van der Waals surface area contributed by atoms with Crippen LogP contribution in [-0.2, 0) is 9.47 Å². The third-order valence-electron chi connectivity index (χ3n) is 5.50. The topological polar surface area (TPSA) is 76.2 Å². The molecule has 1 fully saturated rings. The van der Waals surface area contributed by atoms with Gasteiger partial charge in [-0.25, -0.2) is 9.69 Å². The number of esters is 1. The predicted molar refractivity (Wildman–Crippen MR) is 120 cm³/mol. The first kappa shape index (κ1) is 20.4. The first-order valence-electron chi connectivity index (χ1n) is 10.3. The molecule has 0 aliphatic carbocycles. The van der Waals surface area contributed by atoms with E-state index in [-0.39, 0.29) is 0 Å². The lowest BCUT2D eigenvalue weighted by Gasteiger charge is -2.28. The number of fused-ring (bicyclic) bond motifs is 1. The third kappa shape index (κ3) is 3.68. The van der Waals surface area contributed by atoms with Crippen molar-refractivity contribution in [3.63, 3.8) is 0 Å². The first-order chi connectivity index (χ1) is 15.6. The summed E-state index contributed by atoms with van der Waals surface area (Å²) < 4.78 is 10.9. The van der Waals surface area contributed by atoms with Crippen molar-refractivity contribution in [3.8, 4) is 11.1 Å². The van der Waals surface area contributed by atoms with Gasteiger partial charge in [0.15, 0.2) is 6.73 Å². The zero-order valence-corrected chi connectivity index (χ0v) is 18.0. The second-order valence-electron chi connectivity index (χ2n) is 7.44. The summed E-state index contributed by atoms with van der Waals surface area (Å²) in [6.45, 7) is 2.32. The number of amides is 2. The molecule has 2 amide bonds. The summed E-state index contributed by atoms with van der Waals surface area (Å²) in [6.07, 6.45) is 0. The maximum atomic E-state index is 12.9. The molecule has 32 heavy (non-hydrogen) atoms. The van der Waals surface area contributed by atoms with Crippen LogP contribution in [-0.4, -0.2) is 55.7 Å². The Morgan fingerprint density at radius 2 is 1.53 bits per heavy atom. The van der Waals surface area contributed by atoms with Gasteiger partial charge in [0, 0.05) is 18.7 Å². The van der Waals surface area contributed by atoms with Crippen LogP contribution in [0.2, 0.25) is 0 Å². The summed E-state index contributed by atoms with van der Waals surface area (Å²) in [4.78, 5) is 41.5. The molecule has 0 atom stereocenters. The number of hydrogen-bond acceptors (Lipinski definition) is 7. The van der Waals surface area contributed by atoms with Crippen LogP contribution in [0.25, 0.3) is 11.1 Å². The minimum absolute atomic E-state index is 0.325. The molecule has 2 aliphatic rings. The van der Waals surface area contributed by atoms with Gasteiger partial charge in [-0.15, -0.1) is 11.3 Å². The SMILES string of the molecule is O=C(OCN1C(=O)c2ccccc2C1=O)c1cc(-c2ccccc2)c(N2CCOCC2)s1. The van der Waals surface area contributed by atoms with E-state index in [1.807, 2.05) is 36.4 Å². The Balaban J connectivity index is 1.37. The second kappa shape index (κ2) is 8.57. The molecule has 1 saturated heterocycles. The van der Waals surface area contributed by atoms with E-state index in [1.54, 1.807) is 24.3 Å². The summed E-state index contributed by atoms with van der Waals surface area (Å²) >= 11 is 1.35. The fourth-order valence-corrected chi connectivity index (χ4v) is 4.98. The number of ether oxygens (including phenoxy) is 2. The minimum atomic E-state index is -0.566. The molecule has 0 unspecified atom stereocenters. The van der Waals surface area contributed by atoms with E-state index < -0.39 is 24.5 Å². The number of imide groups is 1. The maximum absolute atomic E-state index is 12.9. The number of anilines is 1. The van der Waals surface area contributed by atoms with Gasteiger partial charge in [0.1, 0.15) is 4.88 Å². The normalized spacial score (nSPS) is 15.8. The Hall–Kier alpha value is -3.49. The molecule has 8 heteroatoms. The summed E-state index contributed by atoms with van der Waals surface area (Å²) in [7, 11) is 0. The Morgan fingerprint density at radius 3 is 2.19 bits per heavy atom. The summed E-state index contributed by atoms with van der Waals surface area (Å²) in [6, 6.07) is 18.3. The smallest absolute Gasteiger partial charge is 0.350 e. The molecule has 2 aromatic carbocycles. The predicted octanol–water partition coefficient (Wildman–Crippen LogP) is 3.66. The summed E-state index contributed by atoms with van der Waals surface area (Å²) in [5, 5.41) is 0.979. The third-order valence-corrected chi connectivity index (χ3v) is 6.68. The fourth-order valence-electron chi connectivity index (χ4n) is 3.86. The molecule has 0 saturated carbocycles. The number of morpholine rings is 1. The van der Waals surface area contributed by atoms with Crippen LogP contribution in [0.1, 0.15) is 30.4 Å². The molecule has 0 radical (unpaired) electrons. The monoisotopic (exact) mass is 448 g/mol. The van der Waals surface area contributed by atoms with Crippen LogP contribution in [0.4, 0.5) is 5.00 Å². The van der Waals surface area contributed by atoms with Gasteiger partial charge in [-0.2, -0.15) is 0 Å². The van der Waals surface area contributed by atoms with Crippen molar-refractivity contribution in [1.82, 2.24) is 4.90 Å². The van der Waals surface area contributed by atoms with Crippen molar-refractivity contribution in [2.24, 2.45) is 0 Å². The number of carbonyl (C=O) groups is 3. The highest BCUT2D eigenvalue weighted by Crippen LogP contribution is 2.39. The van der Waals surface area contributed by atoms with Gasteiger partial charge in [-0.3, -0.25) is 9.59 Å². The largest absolute Gasteiger partial charge is 0.439 e. The van der Waals surface area contributed by atoms with Gasteiger partial charge in [-0.1, -0.05) is 42.5 Å². The van der Waals surface area contributed by atoms with Gasteiger partial charge < -0.3 is 14.4 Å². The molecule has 3 aromatic rings. The number of rotatable bonds is 5. The highest BCUT2D eigenvalue weighted by molar-refractivity contribution is 7.18. The molecule has 162 valence electrons. The van der Waals surface area contributed by atoms with E-state index in [0.29, 0.717) is 29.2 Å². The molecule has 0 bridgehead atoms. The highest BCUT2D eigenvalue weighted by Gasteiger charge is 2.36. The van der Waals surface area contributed by atoms with E-state index in [9.17, 15) is 14.4 Å². The number of nitrogens with zero attached hydrogens (tertiary/aromatic N) is 2. The van der Waals surface area contributed by atoms with E-state index in [2.05, 4.69) is 4.90 Å². The van der Waals surface area contributed by atoms with Crippen LogP contribution >= 0.6 is 11.3 Å². The zero-order chi connectivity index (χ0) is 22.1. The van der Waals surface area contributed by atoms with Crippen LogP contribution in [0, 0.1) is 0 Å². The van der Waals surface area contributed by atoms with Crippen molar-refractivity contribution >= 4 is 34.1 Å². The van der Waals surface area contributed by atoms with Gasteiger partial charge in [0.2, 0.25) is 0 Å². The Bertz CT molecular complexity index is 1150. The van der Waals surface area contributed by atoms with Crippen LogP contribution in [0.5, 0.6) is 0 Å². The lowest BCUT2D eigenvalue weighted by atomic mass is 10.1. The summed E-state index contributed by atoms with van der Waals surface area (Å²) in [5.74, 6) is -1.48. The van der Waals surface area contributed by atoms with Gasteiger partial charge in [-0.05, 0) is 23.8 Å².